The minimum atomic E-state index is -4.06. The van der Waals surface area contributed by atoms with Crippen molar-refractivity contribution in [2.24, 2.45) is 0 Å². The van der Waals surface area contributed by atoms with Crippen LogP contribution < -0.4 is 14.8 Å². The lowest BCUT2D eigenvalue weighted by atomic mass is 10.2. The molecule has 0 fully saturated rings. The molecule has 0 saturated carbocycles. The van der Waals surface area contributed by atoms with Gasteiger partial charge in [0.05, 0.1) is 16.4 Å². The van der Waals surface area contributed by atoms with Crippen molar-refractivity contribution in [2.75, 3.05) is 10.0 Å². The van der Waals surface area contributed by atoms with Gasteiger partial charge in [-0.3, -0.25) is 9.52 Å². The van der Waals surface area contributed by atoms with Crippen LogP contribution in [0.5, 0.6) is 11.5 Å². The molecule has 0 heterocycles. The molecule has 0 aliphatic heterocycles. The summed E-state index contributed by atoms with van der Waals surface area (Å²) < 4.78 is 34.5. The lowest BCUT2D eigenvalue weighted by Crippen LogP contribution is -2.17. The van der Waals surface area contributed by atoms with Crippen molar-refractivity contribution in [1.82, 2.24) is 0 Å². The molecular formula is C26H20Cl2N2O4S. The maximum atomic E-state index is 13.1. The molecule has 4 aromatic rings. The smallest absolute Gasteiger partial charge is 0.263 e. The molecule has 0 aliphatic carbocycles. The number of benzene rings is 4. The van der Waals surface area contributed by atoms with E-state index in [4.69, 9.17) is 27.9 Å². The molecule has 0 spiro atoms. The number of nitrogens with one attached hydrogen (secondary N) is 2. The predicted molar refractivity (Wildman–Crippen MR) is 139 cm³/mol. The average Bonchev–Trinajstić information content (AvgIpc) is 2.83. The van der Waals surface area contributed by atoms with E-state index in [1.165, 1.54) is 18.2 Å². The zero-order valence-electron chi connectivity index (χ0n) is 18.5. The van der Waals surface area contributed by atoms with Crippen molar-refractivity contribution in [2.45, 2.75) is 11.8 Å². The van der Waals surface area contributed by atoms with E-state index in [-0.39, 0.29) is 15.5 Å². The maximum absolute atomic E-state index is 13.1. The normalized spacial score (nSPS) is 11.1. The third-order valence-corrected chi connectivity index (χ3v) is 7.12. The molecule has 0 atom stereocenters. The summed E-state index contributed by atoms with van der Waals surface area (Å²) in [6, 6.07) is 24.8. The van der Waals surface area contributed by atoms with Gasteiger partial charge >= 0.3 is 0 Å². The molecular weight excluding hydrogens is 507 g/mol. The molecule has 9 heteroatoms. The van der Waals surface area contributed by atoms with Gasteiger partial charge in [-0.1, -0.05) is 59.6 Å². The van der Waals surface area contributed by atoms with Gasteiger partial charge in [0.2, 0.25) is 0 Å². The Labute approximate surface area is 213 Å². The molecule has 2 N–H and O–H groups in total. The molecule has 0 radical (unpaired) electrons. The Balaban J connectivity index is 1.61. The fourth-order valence-corrected chi connectivity index (χ4v) is 5.07. The minimum Gasteiger partial charge on any atom is -0.455 e. The number of amides is 1. The minimum absolute atomic E-state index is 0.0153. The predicted octanol–water partition coefficient (Wildman–Crippen LogP) is 7.15. The molecule has 0 aromatic heterocycles. The third kappa shape index (κ3) is 5.95. The lowest BCUT2D eigenvalue weighted by molar-refractivity contribution is 0.102. The first kappa shape index (κ1) is 24.6. The van der Waals surface area contributed by atoms with Gasteiger partial charge in [-0.25, -0.2) is 8.42 Å². The second-order valence-corrected chi connectivity index (χ2v) is 10.1. The molecule has 1 amide bonds. The van der Waals surface area contributed by atoms with Gasteiger partial charge < -0.3 is 10.1 Å². The molecule has 35 heavy (non-hydrogen) atoms. The van der Waals surface area contributed by atoms with Gasteiger partial charge in [0, 0.05) is 10.6 Å². The molecule has 4 aromatic carbocycles. The second kappa shape index (κ2) is 10.4. The van der Waals surface area contributed by atoms with Crippen LogP contribution in [0.2, 0.25) is 10.0 Å². The molecule has 4 rings (SSSR count). The molecule has 178 valence electrons. The van der Waals surface area contributed by atoms with Crippen molar-refractivity contribution in [1.29, 1.82) is 0 Å². The van der Waals surface area contributed by atoms with Gasteiger partial charge in [0.1, 0.15) is 10.6 Å². The van der Waals surface area contributed by atoms with E-state index in [1.54, 1.807) is 61.5 Å². The summed E-state index contributed by atoms with van der Waals surface area (Å²) in [5, 5.41) is 3.11. The number of halogens is 2. The van der Waals surface area contributed by atoms with Crippen LogP contribution in [0.15, 0.2) is 95.9 Å². The van der Waals surface area contributed by atoms with Crippen molar-refractivity contribution in [3.05, 3.63) is 112 Å². The summed E-state index contributed by atoms with van der Waals surface area (Å²) in [5.74, 6) is 0.388. The summed E-state index contributed by atoms with van der Waals surface area (Å²) in [7, 11) is -4.06. The first-order valence-electron chi connectivity index (χ1n) is 10.4. The van der Waals surface area contributed by atoms with Crippen LogP contribution in [0.3, 0.4) is 0 Å². The van der Waals surface area contributed by atoms with Crippen LogP contribution in [0, 0.1) is 6.92 Å². The Kier molecular flexibility index (Phi) is 7.31. The molecule has 0 aliphatic rings. The highest BCUT2D eigenvalue weighted by atomic mass is 35.5. The number of para-hydroxylation sites is 2. The molecule has 0 bridgehead atoms. The maximum Gasteiger partial charge on any atom is 0.263 e. The molecule has 0 saturated heterocycles. The van der Waals surface area contributed by atoms with Crippen molar-refractivity contribution < 1.29 is 17.9 Å². The number of anilines is 2. The zero-order chi connectivity index (χ0) is 25.0. The Bertz CT molecular complexity index is 1490. The summed E-state index contributed by atoms with van der Waals surface area (Å²) in [6.45, 7) is 1.78. The topological polar surface area (TPSA) is 84.5 Å². The van der Waals surface area contributed by atoms with Gasteiger partial charge in [0.25, 0.3) is 15.9 Å². The van der Waals surface area contributed by atoms with E-state index >= 15 is 0 Å². The monoisotopic (exact) mass is 526 g/mol. The fourth-order valence-electron chi connectivity index (χ4n) is 3.24. The number of aryl methyl sites for hydroxylation is 1. The number of carbonyl (C=O) groups is 1. The van der Waals surface area contributed by atoms with Gasteiger partial charge in [0.15, 0.2) is 5.75 Å². The van der Waals surface area contributed by atoms with E-state index in [0.29, 0.717) is 27.9 Å². The third-order valence-electron chi connectivity index (χ3n) is 5.03. The van der Waals surface area contributed by atoms with E-state index < -0.39 is 15.9 Å². The quantitative estimate of drug-likeness (QED) is 0.267. The van der Waals surface area contributed by atoms with E-state index in [2.05, 4.69) is 10.0 Å². The largest absolute Gasteiger partial charge is 0.455 e. The van der Waals surface area contributed by atoms with Gasteiger partial charge in [-0.2, -0.15) is 0 Å². The lowest BCUT2D eigenvalue weighted by Gasteiger charge is -2.14. The van der Waals surface area contributed by atoms with E-state index in [0.717, 1.165) is 5.56 Å². The average molecular weight is 527 g/mol. The first-order chi connectivity index (χ1) is 16.7. The Hall–Kier alpha value is -3.52. The van der Waals surface area contributed by atoms with Crippen LogP contribution in [0.25, 0.3) is 0 Å². The van der Waals surface area contributed by atoms with E-state index in [1.807, 2.05) is 18.2 Å². The van der Waals surface area contributed by atoms with Crippen LogP contribution in [-0.2, 0) is 10.0 Å². The number of hydrogen-bond donors (Lipinski definition) is 2. The highest BCUT2D eigenvalue weighted by molar-refractivity contribution is 7.92. The number of rotatable bonds is 7. The number of carbonyl (C=O) groups excluding carboxylic acids is 1. The number of hydrogen-bond acceptors (Lipinski definition) is 4. The highest BCUT2D eigenvalue weighted by Gasteiger charge is 2.22. The zero-order valence-corrected chi connectivity index (χ0v) is 20.8. The van der Waals surface area contributed by atoms with Crippen LogP contribution in [-0.4, -0.2) is 14.3 Å². The van der Waals surface area contributed by atoms with Crippen LogP contribution in [0.4, 0.5) is 11.4 Å². The van der Waals surface area contributed by atoms with Gasteiger partial charge in [-0.15, -0.1) is 0 Å². The van der Waals surface area contributed by atoms with E-state index in [9.17, 15) is 13.2 Å². The van der Waals surface area contributed by atoms with Crippen molar-refractivity contribution >= 4 is 50.5 Å². The van der Waals surface area contributed by atoms with Crippen LogP contribution >= 0.6 is 23.2 Å². The number of sulfonamides is 1. The van der Waals surface area contributed by atoms with Crippen molar-refractivity contribution in [3.8, 4) is 11.5 Å². The summed E-state index contributed by atoms with van der Waals surface area (Å²) in [6.07, 6.45) is 0. The standard InChI is InChI=1S/C26H20Cl2N2O4S/c1-17-7-5-6-10-22(17)30-35(32,33)25-15-18(11-13-21(25)28)26(31)29-23-16-19(27)12-14-24(23)34-20-8-3-2-4-9-20/h2-16,30H,1H3,(H,29,31). The Morgan fingerprint density at radius 3 is 2.29 bits per heavy atom. The summed E-state index contributed by atoms with van der Waals surface area (Å²) >= 11 is 12.3. The summed E-state index contributed by atoms with van der Waals surface area (Å²) in [4.78, 5) is 12.8. The molecule has 0 unspecified atom stereocenters. The Morgan fingerprint density at radius 1 is 0.829 bits per heavy atom. The highest BCUT2D eigenvalue weighted by Crippen LogP contribution is 2.33. The second-order valence-electron chi connectivity index (χ2n) is 7.58. The van der Waals surface area contributed by atoms with Crippen molar-refractivity contribution in [3.63, 3.8) is 0 Å². The van der Waals surface area contributed by atoms with Crippen LogP contribution in [0.1, 0.15) is 15.9 Å². The number of ether oxygens (including phenoxy) is 1. The molecule has 6 nitrogen and oxygen atoms in total. The Morgan fingerprint density at radius 2 is 1.54 bits per heavy atom. The van der Waals surface area contributed by atoms with Gasteiger partial charge in [-0.05, 0) is 67.1 Å². The first-order valence-corrected chi connectivity index (χ1v) is 12.7. The SMILES string of the molecule is Cc1ccccc1NS(=O)(=O)c1cc(C(=O)Nc2cc(Cl)ccc2Oc2ccccc2)ccc1Cl. The fraction of sp³-hybridized carbons (Fsp3) is 0.0385. The summed E-state index contributed by atoms with van der Waals surface area (Å²) in [5.41, 5.74) is 1.57.